The fourth-order valence-corrected chi connectivity index (χ4v) is 2.05. The highest BCUT2D eigenvalue weighted by atomic mass is 19.1. The summed E-state index contributed by atoms with van der Waals surface area (Å²) in [6, 6.07) is 11.2. The van der Waals surface area contributed by atoms with E-state index in [0.717, 1.165) is 11.1 Å². The summed E-state index contributed by atoms with van der Waals surface area (Å²) in [5.41, 5.74) is 6.82. The summed E-state index contributed by atoms with van der Waals surface area (Å²) in [5.74, 6) is -1.60. The SMILES string of the molecule is Cc1ccc(C)c(C(=O)NNC(=O)[C@H](C)Oc2ccccc2F)c1. The maximum Gasteiger partial charge on any atom is 0.279 e. The van der Waals surface area contributed by atoms with Gasteiger partial charge >= 0.3 is 0 Å². The maximum absolute atomic E-state index is 13.5. The van der Waals surface area contributed by atoms with Crippen molar-refractivity contribution in [2.24, 2.45) is 0 Å². The number of halogens is 1. The molecule has 0 fully saturated rings. The van der Waals surface area contributed by atoms with Gasteiger partial charge in [0.15, 0.2) is 17.7 Å². The number of hydrogen-bond donors (Lipinski definition) is 2. The van der Waals surface area contributed by atoms with E-state index in [9.17, 15) is 14.0 Å². The zero-order valence-electron chi connectivity index (χ0n) is 13.7. The fourth-order valence-electron chi connectivity index (χ4n) is 2.05. The molecule has 0 bridgehead atoms. The molecule has 1 atom stereocenters. The second-order valence-corrected chi connectivity index (χ2v) is 5.45. The van der Waals surface area contributed by atoms with Gasteiger partial charge in [-0.3, -0.25) is 20.4 Å². The largest absolute Gasteiger partial charge is 0.478 e. The molecule has 2 rings (SSSR count). The number of benzene rings is 2. The van der Waals surface area contributed by atoms with E-state index in [4.69, 9.17) is 4.74 Å². The van der Waals surface area contributed by atoms with Crippen LogP contribution in [-0.4, -0.2) is 17.9 Å². The van der Waals surface area contributed by atoms with Crippen LogP contribution in [0.3, 0.4) is 0 Å². The number of hydrogen-bond acceptors (Lipinski definition) is 3. The second-order valence-electron chi connectivity index (χ2n) is 5.45. The van der Waals surface area contributed by atoms with Gasteiger partial charge < -0.3 is 4.74 Å². The zero-order chi connectivity index (χ0) is 17.7. The topological polar surface area (TPSA) is 67.4 Å². The first kappa shape index (κ1) is 17.5. The van der Waals surface area contributed by atoms with E-state index >= 15 is 0 Å². The standard InChI is InChI=1S/C18H19FN2O3/c1-11-8-9-12(2)14(10-11)18(23)21-20-17(22)13(3)24-16-7-5-4-6-15(16)19/h4-10,13H,1-3H3,(H,20,22)(H,21,23)/t13-/m0/s1. The summed E-state index contributed by atoms with van der Waals surface area (Å²) >= 11 is 0. The van der Waals surface area contributed by atoms with Crippen molar-refractivity contribution in [2.45, 2.75) is 26.9 Å². The molecule has 2 amide bonds. The zero-order valence-corrected chi connectivity index (χ0v) is 13.7. The number of ether oxygens (including phenoxy) is 1. The second kappa shape index (κ2) is 7.59. The van der Waals surface area contributed by atoms with Crippen molar-refractivity contribution in [3.63, 3.8) is 0 Å². The number of para-hydroxylation sites is 1. The number of carbonyl (C=O) groups is 2. The Hall–Kier alpha value is -2.89. The molecule has 2 aromatic carbocycles. The van der Waals surface area contributed by atoms with Crippen LogP contribution in [0.25, 0.3) is 0 Å². The minimum absolute atomic E-state index is 0.0268. The third-order valence-electron chi connectivity index (χ3n) is 3.45. The van der Waals surface area contributed by atoms with Crippen molar-refractivity contribution < 1.29 is 18.7 Å². The van der Waals surface area contributed by atoms with Crippen molar-refractivity contribution in [3.8, 4) is 5.75 Å². The van der Waals surface area contributed by atoms with Gasteiger partial charge in [0.05, 0.1) is 0 Å². The van der Waals surface area contributed by atoms with Crippen LogP contribution in [0.5, 0.6) is 5.75 Å². The number of carbonyl (C=O) groups excluding carboxylic acids is 2. The number of nitrogens with one attached hydrogen (secondary N) is 2. The molecule has 5 nitrogen and oxygen atoms in total. The Bertz CT molecular complexity index is 762. The minimum Gasteiger partial charge on any atom is -0.478 e. The van der Waals surface area contributed by atoms with Gasteiger partial charge in [-0.2, -0.15) is 0 Å². The minimum atomic E-state index is -0.971. The van der Waals surface area contributed by atoms with Crippen molar-refractivity contribution in [1.82, 2.24) is 10.9 Å². The Labute approximate surface area is 139 Å². The van der Waals surface area contributed by atoms with Crippen LogP contribution in [-0.2, 0) is 4.79 Å². The van der Waals surface area contributed by atoms with Crippen LogP contribution < -0.4 is 15.6 Å². The first-order valence-electron chi connectivity index (χ1n) is 7.47. The van der Waals surface area contributed by atoms with E-state index in [2.05, 4.69) is 10.9 Å². The molecule has 6 heteroatoms. The van der Waals surface area contributed by atoms with E-state index in [0.29, 0.717) is 5.56 Å². The van der Waals surface area contributed by atoms with Crippen LogP contribution in [0.1, 0.15) is 28.4 Å². The molecule has 0 aliphatic carbocycles. The summed E-state index contributed by atoms with van der Waals surface area (Å²) in [7, 11) is 0. The average Bonchev–Trinajstić information content (AvgIpc) is 2.56. The highest BCUT2D eigenvalue weighted by Crippen LogP contribution is 2.17. The van der Waals surface area contributed by atoms with Gasteiger partial charge in [0, 0.05) is 5.56 Å². The lowest BCUT2D eigenvalue weighted by Crippen LogP contribution is -2.47. The maximum atomic E-state index is 13.5. The molecule has 0 radical (unpaired) electrons. The first-order chi connectivity index (χ1) is 11.4. The van der Waals surface area contributed by atoms with Crippen LogP contribution in [0, 0.1) is 19.7 Å². The molecule has 0 heterocycles. The Kier molecular flexibility index (Phi) is 5.52. The molecular formula is C18H19FN2O3. The number of aryl methyl sites for hydroxylation is 2. The summed E-state index contributed by atoms with van der Waals surface area (Å²) in [6.07, 6.45) is -0.971. The van der Waals surface area contributed by atoms with Gasteiger partial charge in [-0.15, -0.1) is 0 Å². The van der Waals surface area contributed by atoms with Crippen LogP contribution in [0.4, 0.5) is 4.39 Å². The Morgan fingerprint density at radius 2 is 1.79 bits per heavy atom. The molecule has 0 aromatic heterocycles. The predicted molar refractivity (Wildman–Crippen MR) is 88.0 cm³/mol. The molecule has 2 N–H and O–H groups in total. The summed E-state index contributed by atoms with van der Waals surface area (Å²) in [6.45, 7) is 5.14. The monoisotopic (exact) mass is 330 g/mol. The molecule has 24 heavy (non-hydrogen) atoms. The average molecular weight is 330 g/mol. The quantitative estimate of drug-likeness (QED) is 0.847. The van der Waals surface area contributed by atoms with Gasteiger partial charge in [-0.05, 0) is 44.5 Å². The lowest BCUT2D eigenvalue weighted by atomic mass is 10.1. The van der Waals surface area contributed by atoms with E-state index in [1.807, 2.05) is 19.1 Å². The Morgan fingerprint density at radius 3 is 2.50 bits per heavy atom. The summed E-state index contributed by atoms with van der Waals surface area (Å²) < 4.78 is 18.8. The van der Waals surface area contributed by atoms with Gasteiger partial charge in [-0.25, -0.2) is 4.39 Å². The highest BCUT2D eigenvalue weighted by molar-refractivity contribution is 5.97. The van der Waals surface area contributed by atoms with Crippen molar-refractivity contribution in [1.29, 1.82) is 0 Å². The molecule has 2 aromatic rings. The Balaban J connectivity index is 1.93. The molecule has 0 saturated carbocycles. The van der Waals surface area contributed by atoms with Crippen LogP contribution >= 0.6 is 0 Å². The van der Waals surface area contributed by atoms with Gasteiger partial charge in [0.25, 0.3) is 11.8 Å². The molecule has 0 aliphatic rings. The number of amides is 2. The molecule has 0 unspecified atom stereocenters. The van der Waals surface area contributed by atoms with Crippen LogP contribution in [0.2, 0.25) is 0 Å². The molecular weight excluding hydrogens is 311 g/mol. The third-order valence-corrected chi connectivity index (χ3v) is 3.45. The third kappa shape index (κ3) is 4.32. The van der Waals surface area contributed by atoms with Crippen molar-refractivity contribution in [3.05, 3.63) is 65.0 Å². The lowest BCUT2D eigenvalue weighted by Gasteiger charge is -2.16. The van der Waals surface area contributed by atoms with E-state index in [1.54, 1.807) is 19.1 Å². The van der Waals surface area contributed by atoms with Crippen molar-refractivity contribution in [2.75, 3.05) is 0 Å². The van der Waals surface area contributed by atoms with E-state index in [1.165, 1.54) is 25.1 Å². The summed E-state index contributed by atoms with van der Waals surface area (Å²) in [4.78, 5) is 24.1. The Morgan fingerprint density at radius 1 is 1.08 bits per heavy atom. The smallest absolute Gasteiger partial charge is 0.279 e. The highest BCUT2D eigenvalue weighted by Gasteiger charge is 2.18. The molecule has 0 saturated heterocycles. The molecule has 126 valence electrons. The van der Waals surface area contributed by atoms with Gasteiger partial charge in [-0.1, -0.05) is 29.8 Å². The van der Waals surface area contributed by atoms with E-state index < -0.39 is 23.7 Å². The normalized spacial score (nSPS) is 11.5. The lowest BCUT2D eigenvalue weighted by molar-refractivity contribution is -0.128. The number of rotatable bonds is 4. The van der Waals surface area contributed by atoms with Gasteiger partial charge in [0.1, 0.15) is 0 Å². The fraction of sp³-hybridized carbons (Fsp3) is 0.222. The van der Waals surface area contributed by atoms with Gasteiger partial charge in [0.2, 0.25) is 0 Å². The summed E-state index contributed by atoms with van der Waals surface area (Å²) in [5, 5.41) is 0. The van der Waals surface area contributed by atoms with Crippen molar-refractivity contribution >= 4 is 11.8 Å². The van der Waals surface area contributed by atoms with E-state index in [-0.39, 0.29) is 5.75 Å². The first-order valence-corrected chi connectivity index (χ1v) is 7.47. The molecule has 0 spiro atoms. The number of hydrazine groups is 1. The molecule has 0 aliphatic heterocycles. The predicted octanol–water partition coefficient (Wildman–Crippen LogP) is 2.67. The van der Waals surface area contributed by atoms with Crippen LogP contribution in [0.15, 0.2) is 42.5 Å².